The van der Waals surface area contributed by atoms with Crippen LogP contribution in [-0.4, -0.2) is 69.9 Å². The molecular formula is C17H25N3O4S. The largest absolute Gasteiger partial charge is 0.495 e. The molecule has 0 aromatic heterocycles. The Balaban J connectivity index is 1.90. The normalized spacial score (nSPS) is 20.2. The van der Waals surface area contributed by atoms with Gasteiger partial charge in [0.25, 0.3) is 0 Å². The zero-order valence-corrected chi connectivity index (χ0v) is 15.6. The summed E-state index contributed by atoms with van der Waals surface area (Å²) in [6.07, 6.45) is 1.26. The number of hydrogen-bond acceptors (Lipinski definition) is 5. The molecule has 1 aromatic rings. The first-order chi connectivity index (χ1) is 12.0. The van der Waals surface area contributed by atoms with Gasteiger partial charge in [-0.05, 0) is 31.2 Å². The molecule has 2 saturated heterocycles. The lowest BCUT2D eigenvalue weighted by Gasteiger charge is -2.33. The Kier molecular flexibility index (Phi) is 5.31. The molecule has 0 aliphatic carbocycles. The molecule has 0 unspecified atom stereocenters. The number of nitrogens with zero attached hydrogens (tertiary/aromatic N) is 3. The Bertz CT molecular complexity index is 742. The highest BCUT2D eigenvalue weighted by Crippen LogP contribution is 2.34. The third-order valence-corrected chi connectivity index (χ3v) is 6.83. The first kappa shape index (κ1) is 18.2. The van der Waals surface area contributed by atoms with E-state index in [4.69, 9.17) is 4.74 Å². The van der Waals surface area contributed by atoms with Crippen LogP contribution in [-0.2, 0) is 14.8 Å². The lowest BCUT2D eigenvalue weighted by atomic mass is 10.2. The molecule has 0 N–H and O–H groups in total. The van der Waals surface area contributed by atoms with Crippen molar-refractivity contribution in [3.8, 4) is 5.75 Å². The van der Waals surface area contributed by atoms with Crippen molar-refractivity contribution in [3.05, 3.63) is 18.2 Å². The van der Waals surface area contributed by atoms with Crippen molar-refractivity contribution in [1.29, 1.82) is 0 Å². The van der Waals surface area contributed by atoms with Crippen LogP contribution in [0.1, 0.15) is 19.8 Å². The summed E-state index contributed by atoms with van der Waals surface area (Å²) in [5.74, 6) is 0.523. The number of carbonyl (C=O) groups is 1. The van der Waals surface area contributed by atoms with Crippen LogP contribution in [0.4, 0.5) is 5.69 Å². The van der Waals surface area contributed by atoms with Crippen molar-refractivity contribution >= 4 is 21.6 Å². The van der Waals surface area contributed by atoms with Gasteiger partial charge in [0.1, 0.15) is 5.75 Å². The second-order valence-corrected chi connectivity index (χ2v) is 8.26. The zero-order chi connectivity index (χ0) is 18.0. The SMILES string of the molecule is CCN1CCN(S(=O)(=O)c2ccc(OC)c(N3CCCC3=O)c2)CC1. The van der Waals surface area contributed by atoms with Crippen molar-refractivity contribution in [2.75, 3.05) is 51.3 Å². The molecule has 8 heteroatoms. The van der Waals surface area contributed by atoms with E-state index < -0.39 is 10.0 Å². The van der Waals surface area contributed by atoms with Gasteiger partial charge in [-0.1, -0.05) is 6.92 Å². The van der Waals surface area contributed by atoms with Gasteiger partial charge < -0.3 is 14.5 Å². The molecule has 2 heterocycles. The quantitative estimate of drug-likeness (QED) is 0.781. The highest BCUT2D eigenvalue weighted by molar-refractivity contribution is 7.89. The van der Waals surface area contributed by atoms with Crippen molar-refractivity contribution in [2.24, 2.45) is 0 Å². The van der Waals surface area contributed by atoms with Gasteiger partial charge in [0, 0.05) is 39.1 Å². The second kappa shape index (κ2) is 7.31. The molecule has 1 amide bonds. The molecular weight excluding hydrogens is 342 g/mol. The van der Waals surface area contributed by atoms with E-state index in [-0.39, 0.29) is 10.8 Å². The minimum absolute atomic E-state index is 0.00408. The average molecular weight is 367 g/mol. The van der Waals surface area contributed by atoms with Crippen molar-refractivity contribution in [1.82, 2.24) is 9.21 Å². The Morgan fingerprint density at radius 3 is 2.40 bits per heavy atom. The lowest BCUT2D eigenvalue weighted by Crippen LogP contribution is -2.48. The number of amides is 1. The number of benzene rings is 1. The highest BCUT2D eigenvalue weighted by atomic mass is 32.2. The monoisotopic (exact) mass is 367 g/mol. The minimum atomic E-state index is -3.58. The van der Waals surface area contributed by atoms with Gasteiger partial charge >= 0.3 is 0 Å². The summed E-state index contributed by atoms with van der Waals surface area (Å²) in [6, 6.07) is 4.77. The van der Waals surface area contributed by atoms with Crippen LogP contribution in [0.15, 0.2) is 23.1 Å². The summed E-state index contributed by atoms with van der Waals surface area (Å²) in [7, 11) is -2.05. The molecule has 2 aliphatic heterocycles. The number of sulfonamides is 1. The van der Waals surface area contributed by atoms with Crippen molar-refractivity contribution in [2.45, 2.75) is 24.7 Å². The van der Waals surface area contributed by atoms with Crippen LogP contribution in [0.25, 0.3) is 0 Å². The van der Waals surface area contributed by atoms with Gasteiger partial charge in [-0.25, -0.2) is 8.42 Å². The van der Waals surface area contributed by atoms with Crippen molar-refractivity contribution < 1.29 is 17.9 Å². The molecule has 2 aliphatic rings. The number of piperazine rings is 1. The third-order valence-electron chi connectivity index (χ3n) is 4.93. The fourth-order valence-electron chi connectivity index (χ4n) is 3.38. The molecule has 7 nitrogen and oxygen atoms in total. The van der Waals surface area contributed by atoms with E-state index in [0.29, 0.717) is 37.5 Å². The fraction of sp³-hybridized carbons (Fsp3) is 0.588. The third kappa shape index (κ3) is 3.51. The summed E-state index contributed by atoms with van der Waals surface area (Å²) in [5.41, 5.74) is 0.540. The van der Waals surface area contributed by atoms with E-state index in [1.54, 1.807) is 23.1 Å². The maximum absolute atomic E-state index is 13.0. The van der Waals surface area contributed by atoms with Crippen LogP contribution in [0.3, 0.4) is 0 Å². The summed E-state index contributed by atoms with van der Waals surface area (Å²) >= 11 is 0. The fourth-order valence-corrected chi connectivity index (χ4v) is 4.82. The summed E-state index contributed by atoms with van der Waals surface area (Å²) < 4.78 is 32.9. The van der Waals surface area contributed by atoms with Gasteiger partial charge in [-0.15, -0.1) is 0 Å². The summed E-state index contributed by atoms with van der Waals surface area (Å²) in [5, 5.41) is 0. The predicted octanol–water partition coefficient (Wildman–Crippen LogP) is 1.15. The van der Waals surface area contributed by atoms with Crippen molar-refractivity contribution in [3.63, 3.8) is 0 Å². The van der Waals surface area contributed by atoms with E-state index in [1.165, 1.54) is 11.4 Å². The zero-order valence-electron chi connectivity index (χ0n) is 14.8. The summed E-state index contributed by atoms with van der Waals surface area (Å²) in [6.45, 7) is 6.05. The molecule has 1 aromatic carbocycles. The van der Waals surface area contributed by atoms with Gasteiger partial charge in [-0.3, -0.25) is 4.79 Å². The number of ether oxygens (including phenoxy) is 1. The number of carbonyl (C=O) groups excluding carboxylic acids is 1. The molecule has 0 saturated carbocycles. The molecule has 25 heavy (non-hydrogen) atoms. The van der Waals surface area contributed by atoms with Crippen LogP contribution in [0.2, 0.25) is 0 Å². The number of anilines is 1. The molecule has 0 radical (unpaired) electrons. The minimum Gasteiger partial charge on any atom is -0.495 e. The second-order valence-electron chi connectivity index (χ2n) is 6.32. The molecule has 138 valence electrons. The topological polar surface area (TPSA) is 70.2 Å². The maximum Gasteiger partial charge on any atom is 0.243 e. The van der Waals surface area contributed by atoms with Gasteiger partial charge in [0.2, 0.25) is 15.9 Å². The first-order valence-corrected chi connectivity index (χ1v) is 10.1. The number of likely N-dealkylation sites (N-methyl/N-ethyl adjacent to an activating group) is 1. The highest BCUT2D eigenvalue weighted by Gasteiger charge is 2.31. The predicted molar refractivity (Wildman–Crippen MR) is 95.5 cm³/mol. The molecule has 0 spiro atoms. The standard InChI is InChI=1S/C17H25N3O4S/c1-3-18-9-11-19(12-10-18)25(22,23)14-6-7-16(24-2)15(13-14)20-8-4-5-17(20)21/h6-7,13H,3-5,8-12H2,1-2H3. The van der Waals surface area contributed by atoms with Crippen LogP contribution < -0.4 is 9.64 Å². The maximum atomic E-state index is 13.0. The van der Waals surface area contributed by atoms with E-state index in [0.717, 1.165) is 26.1 Å². The Hall–Kier alpha value is -1.64. The number of hydrogen-bond donors (Lipinski definition) is 0. The van der Waals surface area contributed by atoms with Crippen LogP contribution in [0, 0.1) is 0 Å². The van der Waals surface area contributed by atoms with Crippen LogP contribution in [0.5, 0.6) is 5.75 Å². The van der Waals surface area contributed by atoms with E-state index in [2.05, 4.69) is 11.8 Å². The lowest BCUT2D eigenvalue weighted by molar-refractivity contribution is -0.117. The number of methoxy groups -OCH3 is 1. The van der Waals surface area contributed by atoms with Gasteiger partial charge in [-0.2, -0.15) is 4.31 Å². The van der Waals surface area contributed by atoms with Gasteiger partial charge in [0.05, 0.1) is 17.7 Å². The molecule has 3 rings (SSSR count). The molecule has 0 atom stereocenters. The molecule has 2 fully saturated rings. The van der Waals surface area contributed by atoms with E-state index in [1.807, 2.05) is 0 Å². The Morgan fingerprint density at radius 1 is 1.12 bits per heavy atom. The summed E-state index contributed by atoms with van der Waals surface area (Å²) in [4.78, 5) is 16.1. The molecule has 0 bridgehead atoms. The smallest absolute Gasteiger partial charge is 0.243 e. The Morgan fingerprint density at radius 2 is 1.84 bits per heavy atom. The van der Waals surface area contributed by atoms with Crippen LogP contribution >= 0.6 is 0 Å². The van der Waals surface area contributed by atoms with E-state index >= 15 is 0 Å². The first-order valence-electron chi connectivity index (χ1n) is 8.68. The Labute approximate surface area is 149 Å². The average Bonchev–Trinajstić information content (AvgIpc) is 3.07. The van der Waals surface area contributed by atoms with E-state index in [9.17, 15) is 13.2 Å². The number of rotatable bonds is 5. The van der Waals surface area contributed by atoms with Gasteiger partial charge in [0.15, 0.2) is 0 Å².